The lowest BCUT2D eigenvalue weighted by molar-refractivity contribution is 0.0370. The maximum Gasteiger partial charge on any atom is 0.264 e. The summed E-state index contributed by atoms with van der Waals surface area (Å²) in [7, 11) is -3.57. The van der Waals surface area contributed by atoms with E-state index in [1.807, 2.05) is 0 Å². The highest BCUT2D eigenvalue weighted by Crippen LogP contribution is 2.35. The monoisotopic (exact) mass is 265 g/mol. The summed E-state index contributed by atoms with van der Waals surface area (Å²) >= 11 is 1.65. The van der Waals surface area contributed by atoms with E-state index >= 15 is 0 Å². The Hall–Kier alpha value is -0.470. The fourth-order valence-electron chi connectivity index (χ4n) is 1.91. The minimum absolute atomic E-state index is 0.244. The van der Waals surface area contributed by atoms with Crippen LogP contribution < -0.4 is 0 Å². The van der Waals surface area contributed by atoms with Gasteiger partial charge in [0, 0.05) is 16.4 Å². The number of ether oxygens (including phenoxy) is 1. The smallest absolute Gasteiger partial charge is 0.264 e. The van der Waals surface area contributed by atoms with Crippen molar-refractivity contribution in [3.8, 4) is 0 Å². The van der Waals surface area contributed by atoms with E-state index in [1.54, 1.807) is 11.8 Å². The molecule has 90 valence electrons. The highest BCUT2D eigenvalue weighted by Gasteiger charge is 2.48. The SMILES string of the molecule is CS(=O)(=O)O[C@H]1[C@H](N=[N+]=[N-])[C@H]2CSC[C@@H]1O2. The summed E-state index contributed by atoms with van der Waals surface area (Å²) in [5.41, 5.74) is 8.45. The summed E-state index contributed by atoms with van der Waals surface area (Å²) in [5, 5.41) is 3.58. The van der Waals surface area contributed by atoms with Gasteiger partial charge in [-0.15, -0.1) is 0 Å². The predicted molar refractivity (Wildman–Crippen MR) is 58.6 cm³/mol. The maximum atomic E-state index is 11.1. The van der Waals surface area contributed by atoms with Gasteiger partial charge in [-0.25, -0.2) is 0 Å². The van der Waals surface area contributed by atoms with Gasteiger partial charge in [-0.1, -0.05) is 5.11 Å². The Balaban J connectivity index is 2.22. The van der Waals surface area contributed by atoms with Crippen LogP contribution in [0.1, 0.15) is 0 Å². The molecule has 0 aromatic rings. The van der Waals surface area contributed by atoms with Crippen LogP contribution in [-0.2, 0) is 19.0 Å². The van der Waals surface area contributed by atoms with E-state index in [0.29, 0.717) is 11.5 Å². The van der Waals surface area contributed by atoms with Gasteiger partial charge in [-0.3, -0.25) is 4.18 Å². The third-order valence-electron chi connectivity index (χ3n) is 2.47. The summed E-state index contributed by atoms with van der Waals surface area (Å²) in [6.45, 7) is 0. The highest BCUT2D eigenvalue weighted by atomic mass is 32.2. The van der Waals surface area contributed by atoms with Crippen molar-refractivity contribution < 1.29 is 17.3 Å². The van der Waals surface area contributed by atoms with E-state index in [2.05, 4.69) is 10.0 Å². The fourth-order valence-corrected chi connectivity index (χ4v) is 3.69. The first-order valence-electron chi connectivity index (χ1n) is 4.67. The molecule has 2 aliphatic heterocycles. The van der Waals surface area contributed by atoms with Crippen LogP contribution in [0.4, 0.5) is 0 Å². The summed E-state index contributed by atoms with van der Waals surface area (Å²) in [6.07, 6.45) is -0.262. The molecular formula is C7H11N3O4S2. The van der Waals surface area contributed by atoms with Crippen molar-refractivity contribution in [1.82, 2.24) is 0 Å². The van der Waals surface area contributed by atoms with E-state index in [4.69, 9.17) is 14.5 Å². The lowest BCUT2D eigenvalue weighted by Gasteiger charge is -2.20. The number of thioether (sulfide) groups is 1. The van der Waals surface area contributed by atoms with Crippen molar-refractivity contribution in [2.75, 3.05) is 17.8 Å². The summed E-state index contributed by atoms with van der Waals surface area (Å²) in [6, 6.07) is -0.556. The first-order valence-corrected chi connectivity index (χ1v) is 7.64. The largest absolute Gasteiger partial charge is 0.370 e. The minimum atomic E-state index is -3.57. The van der Waals surface area contributed by atoms with Crippen LogP contribution in [0, 0.1) is 0 Å². The Kier molecular flexibility index (Phi) is 3.32. The second kappa shape index (κ2) is 4.42. The molecule has 2 heterocycles. The molecule has 16 heavy (non-hydrogen) atoms. The summed E-state index contributed by atoms with van der Waals surface area (Å²) in [4.78, 5) is 2.72. The van der Waals surface area contributed by atoms with Gasteiger partial charge >= 0.3 is 0 Å². The van der Waals surface area contributed by atoms with E-state index in [9.17, 15) is 8.42 Å². The fraction of sp³-hybridized carbons (Fsp3) is 1.00. The van der Waals surface area contributed by atoms with Gasteiger partial charge in [0.2, 0.25) is 0 Å². The molecule has 2 rings (SSSR count). The van der Waals surface area contributed by atoms with Gasteiger partial charge in [0.1, 0.15) is 6.10 Å². The molecular weight excluding hydrogens is 254 g/mol. The number of fused-ring (bicyclic) bond motifs is 2. The Labute approximate surface area is 97.2 Å². The van der Waals surface area contributed by atoms with Crippen LogP contribution in [0.3, 0.4) is 0 Å². The Morgan fingerprint density at radius 3 is 2.81 bits per heavy atom. The first kappa shape index (κ1) is 12.0. The molecule has 0 unspecified atom stereocenters. The van der Waals surface area contributed by atoms with Crippen molar-refractivity contribution in [3.63, 3.8) is 0 Å². The maximum absolute atomic E-state index is 11.1. The molecule has 2 fully saturated rings. The zero-order chi connectivity index (χ0) is 11.8. The molecule has 0 spiro atoms. The van der Waals surface area contributed by atoms with E-state index in [-0.39, 0.29) is 12.2 Å². The Morgan fingerprint density at radius 1 is 1.50 bits per heavy atom. The van der Waals surface area contributed by atoms with Crippen LogP contribution in [-0.4, -0.2) is 50.5 Å². The molecule has 0 aromatic carbocycles. The van der Waals surface area contributed by atoms with Gasteiger partial charge in [0.15, 0.2) is 0 Å². The average Bonchev–Trinajstić information content (AvgIpc) is 2.41. The molecule has 0 amide bonds. The van der Waals surface area contributed by atoms with Crippen LogP contribution in [0.5, 0.6) is 0 Å². The number of azide groups is 1. The van der Waals surface area contributed by atoms with Gasteiger partial charge in [0.25, 0.3) is 10.1 Å². The minimum Gasteiger partial charge on any atom is -0.370 e. The molecule has 2 aliphatic rings. The first-order chi connectivity index (χ1) is 7.51. The highest BCUT2D eigenvalue weighted by molar-refractivity contribution is 7.99. The van der Waals surface area contributed by atoms with Crippen molar-refractivity contribution in [2.24, 2.45) is 5.11 Å². The third-order valence-corrected chi connectivity index (χ3v) is 4.17. The van der Waals surface area contributed by atoms with Gasteiger partial charge in [-0.2, -0.15) is 20.2 Å². The van der Waals surface area contributed by atoms with Gasteiger partial charge in [0.05, 0.1) is 24.5 Å². The standard InChI is InChI=1S/C7H11N3O4S2/c1-16(11,12)14-7-5-3-15-2-4(13-5)6(7)9-10-8/h4-7H,2-3H2,1H3/t4-,5+,6-,7-/m1/s1. The Bertz CT molecular complexity index is 419. The summed E-state index contributed by atoms with van der Waals surface area (Å²) < 4.78 is 32.7. The Morgan fingerprint density at radius 2 is 2.19 bits per heavy atom. The number of hydrogen-bond acceptors (Lipinski definition) is 6. The van der Waals surface area contributed by atoms with Gasteiger partial charge in [-0.05, 0) is 5.53 Å². The van der Waals surface area contributed by atoms with E-state index < -0.39 is 22.3 Å². The molecule has 9 heteroatoms. The number of rotatable bonds is 3. The molecule has 4 atom stereocenters. The van der Waals surface area contributed by atoms with Crippen molar-refractivity contribution in [2.45, 2.75) is 24.4 Å². The third kappa shape index (κ3) is 2.44. The van der Waals surface area contributed by atoms with Crippen molar-refractivity contribution in [3.05, 3.63) is 10.4 Å². The molecule has 0 aromatic heterocycles. The lowest BCUT2D eigenvalue weighted by Crippen LogP contribution is -2.35. The molecule has 7 nitrogen and oxygen atoms in total. The quantitative estimate of drug-likeness (QED) is 0.320. The molecule has 2 saturated heterocycles. The summed E-state index contributed by atoms with van der Waals surface area (Å²) in [5.74, 6) is 1.36. The molecule has 2 bridgehead atoms. The van der Waals surface area contributed by atoms with E-state index in [1.165, 1.54) is 0 Å². The van der Waals surface area contributed by atoms with Crippen LogP contribution in [0.2, 0.25) is 0 Å². The average molecular weight is 265 g/mol. The zero-order valence-corrected chi connectivity index (χ0v) is 10.1. The molecule has 0 radical (unpaired) electrons. The zero-order valence-electron chi connectivity index (χ0n) is 8.51. The molecule has 0 saturated carbocycles. The van der Waals surface area contributed by atoms with Crippen LogP contribution in [0.15, 0.2) is 5.11 Å². The van der Waals surface area contributed by atoms with Crippen LogP contribution >= 0.6 is 11.8 Å². The van der Waals surface area contributed by atoms with Crippen LogP contribution in [0.25, 0.3) is 10.4 Å². The van der Waals surface area contributed by atoms with Crippen molar-refractivity contribution in [1.29, 1.82) is 0 Å². The second-order valence-electron chi connectivity index (χ2n) is 3.71. The topological polar surface area (TPSA) is 101 Å². The molecule has 0 aliphatic carbocycles. The number of nitrogens with zero attached hydrogens (tertiary/aromatic N) is 3. The van der Waals surface area contributed by atoms with Gasteiger partial charge < -0.3 is 4.74 Å². The predicted octanol–water partition coefficient (Wildman–Crippen LogP) is 0.524. The van der Waals surface area contributed by atoms with E-state index in [0.717, 1.165) is 6.26 Å². The lowest BCUT2D eigenvalue weighted by atomic mass is 10.1. The normalized spacial score (nSPS) is 38.1. The molecule has 0 N–H and O–H groups in total. The number of hydrogen-bond donors (Lipinski definition) is 0. The van der Waals surface area contributed by atoms with Crippen molar-refractivity contribution >= 4 is 21.9 Å². The second-order valence-corrected chi connectivity index (χ2v) is 6.39.